The molecule has 186 valence electrons. The topological polar surface area (TPSA) is 59.4 Å². The summed E-state index contributed by atoms with van der Waals surface area (Å²) in [5.74, 6) is 0.354. The van der Waals surface area contributed by atoms with Gasteiger partial charge in [0.2, 0.25) is 0 Å². The van der Waals surface area contributed by atoms with Crippen molar-refractivity contribution >= 4 is 53.1 Å². The maximum Gasteiger partial charge on any atom is 0.286 e. The molecule has 0 unspecified atom stereocenters. The molecule has 10 heteroatoms. The summed E-state index contributed by atoms with van der Waals surface area (Å²) in [4.78, 5) is 13.6. The zero-order chi connectivity index (χ0) is 24.0. The standard InChI is InChI=1S/C25H25Cl3N4O2.ClH/c1-25(2)21-22(24(33)30-31-11-5-3-4-6-12-31)29-32(19-10-8-15(26)13-18(19)28)23(21)17-9-7-16(27)14-20(17)34-25;/h7-10,13-14H,3-6,11-12H2,1-2H3,(H,30,33);1H. The van der Waals surface area contributed by atoms with Crippen molar-refractivity contribution in [2.45, 2.75) is 45.1 Å². The van der Waals surface area contributed by atoms with Gasteiger partial charge in [0.25, 0.3) is 5.91 Å². The van der Waals surface area contributed by atoms with Gasteiger partial charge in [-0.3, -0.25) is 10.2 Å². The number of nitrogens with one attached hydrogen (secondary N) is 1. The van der Waals surface area contributed by atoms with Crippen LogP contribution in [0.3, 0.4) is 0 Å². The van der Waals surface area contributed by atoms with Gasteiger partial charge in [0.1, 0.15) is 11.4 Å². The highest BCUT2D eigenvalue weighted by Gasteiger charge is 2.41. The van der Waals surface area contributed by atoms with Crippen molar-refractivity contribution in [1.82, 2.24) is 20.2 Å². The van der Waals surface area contributed by atoms with Gasteiger partial charge in [-0.15, -0.1) is 12.4 Å². The number of hydrogen-bond donors (Lipinski definition) is 1. The van der Waals surface area contributed by atoms with Crippen molar-refractivity contribution in [3.8, 4) is 22.7 Å². The Hall–Kier alpha value is -1.96. The van der Waals surface area contributed by atoms with Crippen LogP contribution >= 0.6 is 47.2 Å². The fourth-order valence-electron chi connectivity index (χ4n) is 4.70. The minimum absolute atomic E-state index is 0. The van der Waals surface area contributed by atoms with Crippen molar-refractivity contribution in [2.24, 2.45) is 0 Å². The number of nitrogens with zero attached hydrogens (tertiary/aromatic N) is 3. The highest BCUT2D eigenvalue weighted by Crippen LogP contribution is 2.48. The zero-order valence-electron chi connectivity index (χ0n) is 19.4. The predicted molar refractivity (Wildman–Crippen MR) is 142 cm³/mol. The number of benzene rings is 2. The number of ether oxygens (including phenoxy) is 1. The van der Waals surface area contributed by atoms with E-state index in [1.165, 1.54) is 12.8 Å². The third kappa shape index (κ3) is 5.00. The number of amides is 1. The normalized spacial score (nSPS) is 16.8. The first kappa shape index (κ1) is 26.1. The molecule has 0 radical (unpaired) electrons. The summed E-state index contributed by atoms with van der Waals surface area (Å²) < 4.78 is 8.05. The monoisotopic (exact) mass is 554 g/mol. The highest BCUT2D eigenvalue weighted by molar-refractivity contribution is 6.35. The SMILES string of the molecule is CC1(C)Oc2cc(Cl)ccc2-c2c1c(C(=O)NN1CCCCCC1)nn2-c1ccc(Cl)cc1Cl.Cl. The molecule has 6 nitrogen and oxygen atoms in total. The molecule has 3 aromatic rings. The van der Waals surface area contributed by atoms with E-state index in [-0.39, 0.29) is 18.3 Å². The number of halogens is 4. The Kier molecular flexibility index (Phi) is 7.60. The van der Waals surface area contributed by atoms with Crippen LogP contribution in [0.2, 0.25) is 15.1 Å². The molecule has 2 aliphatic rings. The summed E-state index contributed by atoms with van der Waals surface area (Å²) in [5.41, 5.74) is 5.38. The minimum Gasteiger partial charge on any atom is -0.482 e. The van der Waals surface area contributed by atoms with E-state index < -0.39 is 5.60 Å². The molecule has 1 saturated heterocycles. The van der Waals surface area contributed by atoms with Crippen LogP contribution in [0.4, 0.5) is 0 Å². The first-order valence-electron chi connectivity index (χ1n) is 11.4. The van der Waals surface area contributed by atoms with E-state index in [0.29, 0.717) is 37.8 Å². The van der Waals surface area contributed by atoms with Crippen LogP contribution in [0.15, 0.2) is 36.4 Å². The molecule has 1 N–H and O–H groups in total. The lowest BCUT2D eigenvalue weighted by atomic mass is 9.89. The molecule has 2 aliphatic heterocycles. The number of fused-ring (bicyclic) bond motifs is 3. The Morgan fingerprint density at radius 3 is 2.34 bits per heavy atom. The third-order valence-electron chi connectivity index (χ3n) is 6.27. The molecule has 1 aromatic heterocycles. The molecule has 0 spiro atoms. The smallest absolute Gasteiger partial charge is 0.286 e. The molecule has 35 heavy (non-hydrogen) atoms. The van der Waals surface area contributed by atoms with Gasteiger partial charge in [-0.05, 0) is 63.1 Å². The quantitative estimate of drug-likeness (QED) is 0.375. The summed E-state index contributed by atoms with van der Waals surface area (Å²) in [7, 11) is 0. The van der Waals surface area contributed by atoms with Crippen LogP contribution in [0.1, 0.15) is 55.6 Å². The molecule has 5 rings (SSSR count). The fourth-order valence-corrected chi connectivity index (χ4v) is 5.36. The van der Waals surface area contributed by atoms with E-state index in [0.717, 1.165) is 37.2 Å². The van der Waals surface area contributed by atoms with Crippen LogP contribution in [-0.2, 0) is 5.60 Å². The second-order valence-corrected chi connectivity index (χ2v) is 10.5. The Bertz CT molecular complexity index is 1270. The summed E-state index contributed by atoms with van der Waals surface area (Å²) in [6.45, 7) is 5.49. The molecule has 1 fully saturated rings. The van der Waals surface area contributed by atoms with Gasteiger partial charge in [0, 0.05) is 28.7 Å². The number of carbonyl (C=O) groups excluding carboxylic acids is 1. The van der Waals surface area contributed by atoms with Crippen LogP contribution in [0.5, 0.6) is 5.75 Å². The zero-order valence-corrected chi connectivity index (χ0v) is 22.5. The van der Waals surface area contributed by atoms with Gasteiger partial charge in [0.15, 0.2) is 5.69 Å². The van der Waals surface area contributed by atoms with Crippen LogP contribution in [0, 0.1) is 0 Å². The third-order valence-corrected chi connectivity index (χ3v) is 7.04. The summed E-state index contributed by atoms with van der Waals surface area (Å²) in [6, 6.07) is 10.7. The molecule has 0 aliphatic carbocycles. The van der Waals surface area contributed by atoms with E-state index >= 15 is 0 Å². The Balaban J connectivity index is 0.00000289. The molecule has 1 amide bonds. The maximum absolute atomic E-state index is 13.6. The molecular formula is C25H26Cl4N4O2. The first-order valence-corrected chi connectivity index (χ1v) is 12.5. The van der Waals surface area contributed by atoms with Gasteiger partial charge in [-0.1, -0.05) is 47.6 Å². The highest BCUT2D eigenvalue weighted by atomic mass is 35.5. The molecule has 3 heterocycles. The Morgan fingerprint density at radius 2 is 1.66 bits per heavy atom. The second-order valence-electron chi connectivity index (χ2n) is 9.17. The van der Waals surface area contributed by atoms with Gasteiger partial charge in [0.05, 0.1) is 22.0 Å². The molecule has 0 atom stereocenters. The predicted octanol–water partition coefficient (Wildman–Crippen LogP) is 7.07. The average Bonchev–Trinajstić information content (AvgIpc) is 2.99. The van der Waals surface area contributed by atoms with E-state index in [2.05, 4.69) is 5.43 Å². The molecule has 0 bridgehead atoms. The van der Waals surface area contributed by atoms with Crippen LogP contribution in [-0.4, -0.2) is 33.8 Å². The minimum atomic E-state index is -0.838. The average molecular weight is 556 g/mol. The van der Waals surface area contributed by atoms with E-state index in [9.17, 15) is 4.79 Å². The van der Waals surface area contributed by atoms with E-state index in [1.807, 2.05) is 24.9 Å². The van der Waals surface area contributed by atoms with E-state index in [1.54, 1.807) is 35.0 Å². The van der Waals surface area contributed by atoms with Crippen LogP contribution < -0.4 is 10.2 Å². The first-order chi connectivity index (χ1) is 16.2. The molecular weight excluding hydrogens is 530 g/mol. The molecule has 2 aromatic carbocycles. The Labute approximate surface area is 225 Å². The lowest BCUT2D eigenvalue weighted by Gasteiger charge is -2.33. The number of carbonyl (C=O) groups is 1. The summed E-state index contributed by atoms with van der Waals surface area (Å²) in [6.07, 6.45) is 4.45. The summed E-state index contributed by atoms with van der Waals surface area (Å²) >= 11 is 19.0. The van der Waals surface area contributed by atoms with Gasteiger partial charge in [-0.2, -0.15) is 5.10 Å². The number of rotatable bonds is 3. The van der Waals surface area contributed by atoms with Crippen molar-refractivity contribution in [1.29, 1.82) is 0 Å². The van der Waals surface area contributed by atoms with Crippen LogP contribution in [0.25, 0.3) is 16.9 Å². The lowest BCUT2D eigenvalue weighted by molar-refractivity contribution is 0.0760. The largest absolute Gasteiger partial charge is 0.482 e. The van der Waals surface area contributed by atoms with E-state index in [4.69, 9.17) is 44.6 Å². The van der Waals surface area contributed by atoms with Crippen molar-refractivity contribution in [3.05, 3.63) is 62.7 Å². The fraction of sp³-hybridized carbons (Fsp3) is 0.360. The number of aromatic nitrogens is 2. The maximum atomic E-state index is 13.6. The van der Waals surface area contributed by atoms with Crippen molar-refractivity contribution in [2.75, 3.05) is 13.1 Å². The second kappa shape index (κ2) is 10.2. The number of hydrazine groups is 1. The molecule has 0 saturated carbocycles. The lowest BCUT2D eigenvalue weighted by Crippen LogP contribution is -2.44. The van der Waals surface area contributed by atoms with Crippen molar-refractivity contribution < 1.29 is 9.53 Å². The van der Waals surface area contributed by atoms with Gasteiger partial charge in [-0.25, -0.2) is 9.69 Å². The van der Waals surface area contributed by atoms with Gasteiger partial charge >= 0.3 is 0 Å². The Morgan fingerprint density at radius 1 is 1.00 bits per heavy atom. The van der Waals surface area contributed by atoms with Gasteiger partial charge < -0.3 is 4.74 Å². The van der Waals surface area contributed by atoms with Crippen molar-refractivity contribution in [3.63, 3.8) is 0 Å². The number of hydrogen-bond acceptors (Lipinski definition) is 4. The summed E-state index contributed by atoms with van der Waals surface area (Å²) in [5, 5.41) is 8.29.